The molecule has 0 aromatic heterocycles. The molecular weight excluding hydrogens is 241 g/mol. The van der Waals surface area contributed by atoms with E-state index in [9.17, 15) is 13.2 Å². The number of hydrogen-bond acceptors (Lipinski definition) is 2. The van der Waals surface area contributed by atoms with E-state index < -0.39 is 12.6 Å². The molecule has 108 valence electrons. The van der Waals surface area contributed by atoms with Crippen molar-refractivity contribution in [3.63, 3.8) is 0 Å². The summed E-state index contributed by atoms with van der Waals surface area (Å²) in [6.45, 7) is 6.29. The van der Waals surface area contributed by atoms with Gasteiger partial charge in [-0.05, 0) is 58.9 Å². The second-order valence-electron chi connectivity index (χ2n) is 5.22. The topological polar surface area (TPSA) is 6.48 Å². The van der Waals surface area contributed by atoms with Crippen LogP contribution in [-0.2, 0) is 0 Å². The van der Waals surface area contributed by atoms with Gasteiger partial charge in [-0.3, -0.25) is 0 Å². The van der Waals surface area contributed by atoms with E-state index in [0.29, 0.717) is 12.5 Å². The molecule has 1 aliphatic heterocycles. The Kier molecular flexibility index (Phi) is 6.43. The third-order valence-corrected chi connectivity index (χ3v) is 3.85. The molecule has 18 heavy (non-hydrogen) atoms. The van der Waals surface area contributed by atoms with E-state index in [4.69, 9.17) is 0 Å². The predicted octanol–water partition coefficient (Wildman–Crippen LogP) is 3.14. The Hall–Kier alpha value is -0.290. The highest BCUT2D eigenvalue weighted by Gasteiger charge is 2.26. The lowest BCUT2D eigenvalue weighted by molar-refractivity contribution is -0.135. The van der Waals surface area contributed by atoms with Gasteiger partial charge in [0.25, 0.3) is 0 Å². The van der Waals surface area contributed by atoms with Gasteiger partial charge < -0.3 is 9.80 Å². The highest BCUT2D eigenvalue weighted by Crippen LogP contribution is 2.22. The van der Waals surface area contributed by atoms with Crippen LogP contribution in [0.15, 0.2) is 0 Å². The number of unbranched alkanes of at least 4 members (excludes halogenated alkanes) is 1. The maximum Gasteiger partial charge on any atom is 0.389 e. The minimum Gasteiger partial charge on any atom is -0.303 e. The van der Waals surface area contributed by atoms with Crippen molar-refractivity contribution < 1.29 is 13.2 Å². The Balaban J connectivity index is 2.12. The van der Waals surface area contributed by atoms with Crippen molar-refractivity contribution >= 4 is 0 Å². The van der Waals surface area contributed by atoms with Gasteiger partial charge in [0.15, 0.2) is 0 Å². The first-order valence-electron chi connectivity index (χ1n) is 6.91. The van der Waals surface area contributed by atoms with Crippen LogP contribution in [0.4, 0.5) is 13.2 Å². The Morgan fingerprint density at radius 1 is 1.17 bits per heavy atom. The van der Waals surface area contributed by atoms with E-state index >= 15 is 0 Å². The van der Waals surface area contributed by atoms with E-state index in [1.165, 1.54) is 0 Å². The van der Waals surface area contributed by atoms with E-state index in [1.54, 1.807) is 0 Å². The Morgan fingerprint density at radius 2 is 1.78 bits per heavy atom. The van der Waals surface area contributed by atoms with Crippen LogP contribution in [0, 0.1) is 0 Å². The lowest BCUT2D eigenvalue weighted by atomic mass is 10.0. The van der Waals surface area contributed by atoms with Crippen molar-refractivity contribution in [2.45, 2.75) is 51.2 Å². The van der Waals surface area contributed by atoms with Gasteiger partial charge in [-0.1, -0.05) is 6.92 Å². The van der Waals surface area contributed by atoms with Crippen molar-refractivity contribution in [1.82, 2.24) is 9.80 Å². The Bertz CT molecular complexity index is 223. The first-order valence-corrected chi connectivity index (χ1v) is 6.91. The van der Waals surface area contributed by atoms with Crippen LogP contribution >= 0.6 is 0 Å². The zero-order chi connectivity index (χ0) is 13.6. The van der Waals surface area contributed by atoms with Gasteiger partial charge in [-0.25, -0.2) is 0 Å². The number of alkyl halides is 3. The largest absolute Gasteiger partial charge is 0.389 e. The number of piperidine rings is 1. The highest BCUT2D eigenvalue weighted by molar-refractivity contribution is 4.77. The van der Waals surface area contributed by atoms with Gasteiger partial charge in [0, 0.05) is 12.5 Å². The summed E-state index contributed by atoms with van der Waals surface area (Å²) in [4.78, 5) is 4.66. The second-order valence-corrected chi connectivity index (χ2v) is 5.22. The third kappa shape index (κ3) is 6.05. The fourth-order valence-corrected chi connectivity index (χ4v) is 2.55. The second kappa shape index (κ2) is 7.34. The lowest BCUT2D eigenvalue weighted by Crippen LogP contribution is -2.43. The molecule has 0 aromatic rings. The standard InChI is InChI=1S/C13H25F3N2/c1-3-18-10-6-12(7-11-18)17(2)9-5-4-8-13(14,15)16/h12H,3-11H2,1-2H3. The van der Waals surface area contributed by atoms with Crippen molar-refractivity contribution in [1.29, 1.82) is 0 Å². The molecule has 0 amide bonds. The van der Waals surface area contributed by atoms with Crippen LogP contribution < -0.4 is 0 Å². The average Bonchev–Trinajstić information content (AvgIpc) is 2.33. The molecule has 0 radical (unpaired) electrons. The molecule has 1 rings (SSSR count). The summed E-state index contributed by atoms with van der Waals surface area (Å²) < 4.78 is 36.0. The molecule has 2 nitrogen and oxygen atoms in total. The van der Waals surface area contributed by atoms with Gasteiger partial charge in [0.1, 0.15) is 0 Å². The summed E-state index contributed by atoms with van der Waals surface area (Å²) in [6.07, 6.45) is -1.46. The maximum atomic E-state index is 12.0. The summed E-state index contributed by atoms with van der Waals surface area (Å²) in [5.74, 6) is 0. The molecule has 1 aliphatic rings. The minimum atomic E-state index is -4.00. The molecule has 0 bridgehead atoms. The summed E-state index contributed by atoms with van der Waals surface area (Å²) in [5.41, 5.74) is 0. The maximum absolute atomic E-state index is 12.0. The van der Waals surface area contributed by atoms with Crippen LogP contribution in [-0.4, -0.2) is 55.2 Å². The summed E-state index contributed by atoms with van der Waals surface area (Å²) in [7, 11) is 2.04. The third-order valence-electron chi connectivity index (χ3n) is 3.85. The normalized spacial score (nSPS) is 19.7. The first-order chi connectivity index (χ1) is 8.42. The fraction of sp³-hybridized carbons (Fsp3) is 1.00. The quantitative estimate of drug-likeness (QED) is 0.681. The van der Waals surface area contributed by atoms with Gasteiger partial charge in [0.05, 0.1) is 0 Å². The monoisotopic (exact) mass is 266 g/mol. The lowest BCUT2D eigenvalue weighted by Gasteiger charge is -2.36. The molecule has 0 atom stereocenters. The van der Waals surface area contributed by atoms with Gasteiger partial charge in [-0.15, -0.1) is 0 Å². The fourth-order valence-electron chi connectivity index (χ4n) is 2.55. The van der Waals surface area contributed by atoms with Crippen molar-refractivity contribution in [3.8, 4) is 0 Å². The minimum absolute atomic E-state index is 0.252. The molecular formula is C13H25F3N2. The van der Waals surface area contributed by atoms with E-state index in [0.717, 1.165) is 39.0 Å². The average molecular weight is 266 g/mol. The van der Waals surface area contributed by atoms with E-state index in [2.05, 4.69) is 16.7 Å². The van der Waals surface area contributed by atoms with Crippen LogP contribution in [0.1, 0.15) is 39.0 Å². The van der Waals surface area contributed by atoms with Crippen LogP contribution in [0.3, 0.4) is 0 Å². The molecule has 0 saturated carbocycles. The smallest absolute Gasteiger partial charge is 0.303 e. The van der Waals surface area contributed by atoms with Crippen molar-refractivity contribution in [3.05, 3.63) is 0 Å². The Labute approximate surface area is 108 Å². The van der Waals surface area contributed by atoms with E-state index in [-0.39, 0.29) is 6.42 Å². The molecule has 0 spiro atoms. The molecule has 1 fully saturated rings. The molecule has 1 heterocycles. The molecule has 1 saturated heterocycles. The molecule has 5 heteroatoms. The van der Waals surface area contributed by atoms with Crippen LogP contribution in [0.5, 0.6) is 0 Å². The highest BCUT2D eigenvalue weighted by atomic mass is 19.4. The number of likely N-dealkylation sites (tertiary alicyclic amines) is 1. The first kappa shape index (κ1) is 15.8. The predicted molar refractivity (Wildman–Crippen MR) is 67.7 cm³/mol. The zero-order valence-electron chi connectivity index (χ0n) is 11.5. The number of rotatable bonds is 6. The van der Waals surface area contributed by atoms with E-state index in [1.807, 2.05) is 7.05 Å². The SMILES string of the molecule is CCN1CCC(N(C)CCCCC(F)(F)F)CC1. The van der Waals surface area contributed by atoms with Crippen LogP contribution in [0.25, 0.3) is 0 Å². The molecule has 0 aromatic carbocycles. The molecule has 0 unspecified atom stereocenters. The van der Waals surface area contributed by atoms with Crippen LogP contribution in [0.2, 0.25) is 0 Å². The summed E-state index contributed by atoms with van der Waals surface area (Å²) >= 11 is 0. The van der Waals surface area contributed by atoms with Crippen molar-refractivity contribution in [2.24, 2.45) is 0 Å². The number of halogens is 3. The summed E-state index contributed by atoms with van der Waals surface area (Å²) in [6, 6.07) is 0.554. The molecule has 0 N–H and O–H groups in total. The molecule has 0 aliphatic carbocycles. The van der Waals surface area contributed by atoms with Gasteiger partial charge in [0.2, 0.25) is 0 Å². The van der Waals surface area contributed by atoms with Gasteiger partial charge in [-0.2, -0.15) is 13.2 Å². The Morgan fingerprint density at radius 3 is 2.28 bits per heavy atom. The van der Waals surface area contributed by atoms with Crippen molar-refractivity contribution in [2.75, 3.05) is 33.2 Å². The number of nitrogens with zero attached hydrogens (tertiary/aromatic N) is 2. The van der Waals surface area contributed by atoms with Gasteiger partial charge >= 0.3 is 6.18 Å². The number of hydrogen-bond donors (Lipinski definition) is 0. The zero-order valence-corrected chi connectivity index (χ0v) is 11.5. The summed E-state index contributed by atoms with van der Waals surface area (Å²) in [5, 5.41) is 0.